The molecule has 3 aliphatic heterocycles. The van der Waals surface area contributed by atoms with Gasteiger partial charge in [0.1, 0.15) is 48.1 Å². The van der Waals surface area contributed by atoms with E-state index in [1.165, 1.54) is 47.7 Å². The summed E-state index contributed by atoms with van der Waals surface area (Å²) in [6, 6.07) is -0.857. The number of ether oxygens (including phenoxy) is 2. The van der Waals surface area contributed by atoms with Gasteiger partial charge in [-0.05, 0) is 86.8 Å². The number of hydrogen-bond acceptors (Lipinski definition) is 13. The molecule has 8 amide bonds. The number of hydrogen-bond donors (Lipinski definition) is 5. The number of nitrogens with zero attached hydrogens (tertiary/aromatic N) is 4. The predicted octanol–water partition coefficient (Wildman–Crippen LogP) is 2.14. The van der Waals surface area contributed by atoms with Crippen LogP contribution < -0.4 is 26.0 Å². The molecule has 1 aromatic rings. The van der Waals surface area contributed by atoms with Crippen molar-refractivity contribution in [3.05, 3.63) is 29.8 Å². The zero-order valence-electron chi connectivity index (χ0n) is 47.0. The van der Waals surface area contributed by atoms with Gasteiger partial charge < -0.3 is 55.4 Å². The summed E-state index contributed by atoms with van der Waals surface area (Å²) in [6.07, 6.45) is -1.15. The monoisotopic (exact) mass is 1070 g/mol. The molecule has 21 nitrogen and oxygen atoms in total. The first-order chi connectivity index (χ1) is 35.7. The molecule has 11 atom stereocenters. The van der Waals surface area contributed by atoms with Crippen molar-refractivity contribution in [3.8, 4) is 5.75 Å². The van der Waals surface area contributed by atoms with E-state index in [-0.39, 0.29) is 57.0 Å². The third kappa shape index (κ3) is 16.2. The van der Waals surface area contributed by atoms with E-state index in [1.807, 2.05) is 34.6 Å². The zero-order chi connectivity index (χ0) is 56.9. The van der Waals surface area contributed by atoms with Crippen LogP contribution in [0.1, 0.15) is 126 Å². The molecule has 0 spiro atoms. The van der Waals surface area contributed by atoms with Crippen LogP contribution in [0.25, 0.3) is 0 Å². The van der Waals surface area contributed by atoms with Gasteiger partial charge in [0.2, 0.25) is 47.1 Å². The average Bonchev–Trinajstić information content (AvgIpc) is 4.07. The van der Waals surface area contributed by atoms with Crippen LogP contribution in [0, 0.1) is 29.6 Å². The Hall–Kier alpha value is -6.12. The van der Waals surface area contributed by atoms with Crippen molar-refractivity contribution in [1.82, 2.24) is 40.9 Å². The molecule has 0 bridgehead atoms. The number of cyclic esters (lactones) is 1. The van der Waals surface area contributed by atoms with Gasteiger partial charge in [-0.1, -0.05) is 73.9 Å². The molecule has 76 heavy (non-hydrogen) atoms. The minimum Gasteiger partial charge on any atom is -0.497 e. The van der Waals surface area contributed by atoms with E-state index in [0.717, 1.165) is 6.92 Å². The molecule has 21 heteroatoms. The molecular formula is C55H86N8O13. The van der Waals surface area contributed by atoms with Crippen LogP contribution in [0.3, 0.4) is 0 Å². The van der Waals surface area contributed by atoms with Crippen LogP contribution in [0.4, 0.5) is 0 Å². The van der Waals surface area contributed by atoms with Gasteiger partial charge in [0.25, 0.3) is 5.91 Å². The van der Waals surface area contributed by atoms with Crippen LogP contribution in [0.15, 0.2) is 24.3 Å². The fraction of sp³-hybridized carbons (Fsp3) is 0.709. The highest BCUT2D eigenvalue weighted by molar-refractivity contribution is 6.35. The molecule has 1 aromatic carbocycles. The van der Waals surface area contributed by atoms with E-state index in [4.69, 9.17) is 9.47 Å². The fourth-order valence-corrected chi connectivity index (χ4v) is 10.3. The van der Waals surface area contributed by atoms with Gasteiger partial charge in [-0.3, -0.25) is 43.2 Å². The second-order valence-electron chi connectivity index (χ2n) is 22.2. The van der Waals surface area contributed by atoms with Crippen LogP contribution in [-0.2, 0) is 59.1 Å². The van der Waals surface area contributed by atoms with Crippen molar-refractivity contribution >= 4 is 59.0 Å². The Morgan fingerprint density at radius 3 is 2.11 bits per heavy atom. The Morgan fingerprint density at radius 2 is 1.53 bits per heavy atom. The van der Waals surface area contributed by atoms with Crippen molar-refractivity contribution in [2.75, 3.05) is 40.8 Å². The van der Waals surface area contributed by atoms with Crippen molar-refractivity contribution < 1.29 is 62.5 Å². The van der Waals surface area contributed by atoms with Crippen molar-refractivity contribution in [1.29, 1.82) is 0 Å². The topological polar surface area (TPSA) is 270 Å². The number of aliphatic hydroxyl groups excluding tert-OH is 1. The first-order valence-electron chi connectivity index (χ1n) is 27.1. The zero-order valence-corrected chi connectivity index (χ0v) is 47.0. The Kier molecular flexibility index (Phi) is 23.3. The lowest BCUT2D eigenvalue weighted by atomic mass is 9.91. The summed E-state index contributed by atoms with van der Waals surface area (Å²) < 4.78 is 11.6. The summed E-state index contributed by atoms with van der Waals surface area (Å²) in [7, 11) is 4.39. The third-order valence-corrected chi connectivity index (χ3v) is 15.1. The minimum atomic E-state index is -1.51. The number of carbonyl (C=O) groups is 10. The number of likely N-dealkylation sites (N-methyl/N-ethyl adjacent to an activating group) is 2. The van der Waals surface area contributed by atoms with Gasteiger partial charge in [0, 0.05) is 47.1 Å². The van der Waals surface area contributed by atoms with E-state index >= 15 is 0 Å². The van der Waals surface area contributed by atoms with Crippen molar-refractivity contribution in [2.45, 2.75) is 182 Å². The number of Topliss-reactive ketones (excluding diaryl/α,β-unsaturated/α-hetero) is 1. The lowest BCUT2D eigenvalue weighted by Crippen LogP contribution is -2.59. The molecule has 5 N–H and O–H groups in total. The maximum atomic E-state index is 14.9. The van der Waals surface area contributed by atoms with Crippen molar-refractivity contribution in [3.63, 3.8) is 0 Å². The van der Waals surface area contributed by atoms with E-state index in [0.29, 0.717) is 30.6 Å². The first kappa shape index (κ1) is 62.4. The third-order valence-electron chi connectivity index (χ3n) is 15.1. The predicted molar refractivity (Wildman–Crippen MR) is 282 cm³/mol. The second kappa shape index (κ2) is 28.3. The number of amides is 8. The van der Waals surface area contributed by atoms with E-state index in [9.17, 15) is 53.1 Å². The Morgan fingerprint density at radius 1 is 0.882 bits per heavy atom. The number of nitrogens with one attached hydrogen (secondary N) is 4. The summed E-state index contributed by atoms with van der Waals surface area (Å²) in [4.78, 5) is 146. The molecule has 4 rings (SSSR count). The maximum absolute atomic E-state index is 14.9. The number of fused-ring (bicyclic) bond motifs is 1. The molecule has 0 radical (unpaired) electrons. The number of rotatable bonds is 16. The van der Waals surface area contributed by atoms with Crippen LogP contribution in [0.5, 0.6) is 5.75 Å². The smallest absolute Gasteiger partial charge is 0.329 e. The number of methoxy groups -OCH3 is 1. The van der Waals surface area contributed by atoms with Gasteiger partial charge in [-0.25, -0.2) is 4.79 Å². The van der Waals surface area contributed by atoms with E-state index in [2.05, 4.69) is 21.3 Å². The lowest BCUT2D eigenvalue weighted by molar-refractivity contribution is -0.163. The first-order valence-corrected chi connectivity index (χ1v) is 27.1. The van der Waals surface area contributed by atoms with E-state index < -0.39 is 144 Å². The highest BCUT2D eigenvalue weighted by atomic mass is 16.5. The van der Waals surface area contributed by atoms with Gasteiger partial charge in [-0.2, -0.15) is 0 Å². The molecule has 0 aliphatic carbocycles. The summed E-state index contributed by atoms with van der Waals surface area (Å²) >= 11 is 0. The molecule has 3 fully saturated rings. The molecule has 3 heterocycles. The Bertz CT molecular complexity index is 2240. The van der Waals surface area contributed by atoms with Crippen LogP contribution in [0.2, 0.25) is 0 Å². The summed E-state index contributed by atoms with van der Waals surface area (Å²) in [6.45, 7) is 17.1. The molecule has 424 valence electrons. The van der Waals surface area contributed by atoms with Crippen molar-refractivity contribution in [2.24, 2.45) is 29.6 Å². The molecule has 0 saturated carbocycles. The molecule has 0 aromatic heterocycles. The standard InChI is InChI=1S/C55H86N8O13/c1-14-33(8)47-44(65)28-45(66)58-46(32(6)7)50(69)57-39(25-30(2)3)52(71)63-24-16-18-41(63)54(73)61(12)43(27-36-19-21-37(75-13)22-20-36)55(74)76-35(10)38(48(67)59-47)29-56-49(68)42(26-31(4)5)60(11)53(72)40-17-15-23-62(40)51(70)34(9)64/h19-22,30-33,35,38-44,46-47,65H,14-18,23-29H2,1-13H3,(H,56,68)(H,57,69)(H,58,66)(H,59,67)/t33-,35?,38?,39-,40-,41-,42?,43-,44-,46-,47?/m0/s1. The van der Waals surface area contributed by atoms with Gasteiger partial charge >= 0.3 is 5.97 Å². The second-order valence-corrected chi connectivity index (χ2v) is 22.2. The van der Waals surface area contributed by atoms with Gasteiger partial charge in [-0.15, -0.1) is 0 Å². The lowest BCUT2D eigenvalue weighted by Gasteiger charge is -2.35. The molecular weight excluding hydrogens is 981 g/mol. The molecule has 4 unspecified atom stereocenters. The average molecular weight is 1070 g/mol. The quantitative estimate of drug-likeness (QED) is 0.118. The summed E-state index contributed by atoms with van der Waals surface area (Å²) in [5, 5.41) is 23.1. The highest BCUT2D eigenvalue weighted by Gasteiger charge is 2.45. The number of aliphatic hydroxyl groups is 1. The number of benzene rings is 1. The molecule has 3 saturated heterocycles. The SMILES string of the molecule is CC[C@H](C)C1NC(=O)C(CNC(=O)C(CC(C)C)N(C)C(=O)[C@@H]2CCCN2C(=O)C(C)=O)C(C)OC(=O)[C@H](Cc2ccc(OC)cc2)N(C)C(=O)[C@@H]2CCCN2C(=O)[C@H](CC(C)C)NC(=O)[C@H](C(C)C)NC(=O)C[C@@H]1O. The minimum absolute atomic E-state index is 0.0638. The number of ketones is 1. The van der Waals surface area contributed by atoms with Gasteiger partial charge in [0.15, 0.2) is 0 Å². The van der Waals surface area contributed by atoms with E-state index in [1.54, 1.807) is 45.0 Å². The largest absolute Gasteiger partial charge is 0.497 e. The summed E-state index contributed by atoms with van der Waals surface area (Å²) in [5.41, 5.74) is 0.621. The molecule has 3 aliphatic rings. The highest BCUT2D eigenvalue weighted by Crippen LogP contribution is 2.27. The number of esters is 1. The fourth-order valence-electron chi connectivity index (χ4n) is 10.3. The maximum Gasteiger partial charge on any atom is 0.329 e. The van der Waals surface area contributed by atoms with Crippen LogP contribution in [-0.4, -0.2) is 179 Å². The number of carbonyl (C=O) groups excluding carboxylic acids is 10. The number of likely N-dealkylation sites (tertiary alicyclic amines) is 1. The Labute approximate surface area is 448 Å². The van der Waals surface area contributed by atoms with Crippen LogP contribution >= 0.6 is 0 Å². The van der Waals surface area contributed by atoms with Gasteiger partial charge in [0.05, 0.1) is 31.6 Å². The Balaban J connectivity index is 1.82. The normalized spacial score (nSPS) is 26.5. The summed E-state index contributed by atoms with van der Waals surface area (Å²) in [5.74, 6) is -8.73.